The van der Waals surface area contributed by atoms with Crippen LogP contribution >= 0.6 is 11.6 Å². The third-order valence-electron chi connectivity index (χ3n) is 10.3. The topological polar surface area (TPSA) is 195 Å². The van der Waals surface area contributed by atoms with Crippen LogP contribution in [-0.4, -0.2) is 112 Å². The van der Waals surface area contributed by atoms with E-state index in [1.54, 1.807) is 24.3 Å². The largest absolute Gasteiger partial charge is 0.491 e. The number of carbonyl (C=O) groups is 6. The van der Waals surface area contributed by atoms with Crippen molar-refractivity contribution >= 4 is 80.8 Å². The van der Waals surface area contributed by atoms with Gasteiger partial charge in [0.2, 0.25) is 23.6 Å². The molecule has 4 N–H and O–H groups in total. The quantitative estimate of drug-likeness (QED) is 0.0746. The Morgan fingerprint density at radius 2 is 1.81 bits per heavy atom. The van der Waals surface area contributed by atoms with Crippen LogP contribution in [0.15, 0.2) is 67.5 Å². The Balaban J connectivity index is 0.861. The predicted octanol–water partition coefficient (Wildman–Crippen LogP) is 4.50. The number of piperidine rings is 1. The molecule has 3 aliphatic heterocycles. The predicted molar refractivity (Wildman–Crippen MR) is 217 cm³/mol. The van der Waals surface area contributed by atoms with Crippen molar-refractivity contribution in [3.63, 3.8) is 0 Å². The number of hydrogen-bond acceptors (Lipinski definition) is 12. The molecule has 16 nitrogen and oxygen atoms in total. The maximum atomic E-state index is 13.7. The van der Waals surface area contributed by atoms with Gasteiger partial charge in [-0.2, -0.15) is 0 Å². The van der Waals surface area contributed by atoms with Crippen LogP contribution in [0.3, 0.4) is 0 Å². The minimum absolute atomic E-state index is 0.0254. The van der Waals surface area contributed by atoms with E-state index in [-0.39, 0.29) is 34.9 Å². The Kier molecular flexibility index (Phi) is 12.4. The monoisotopic (exact) mass is 825 g/mol. The number of benzene rings is 3. The van der Waals surface area contributed by atoms with Crippen molar-refractivity contribution in [1.82, 2.24) is 30.0 Å². The number of imide groups is 2. The lowest BCUT2D eigenvalue weighted by Crippen LogP contribution is -2.54. The van der Waals surface area contributed by atoms with Crippen molar-refractivity contribution < 1.29 is 37.9 Å². The summed E-state index contributed by atoms with van der Waals surface area (Å²) in [6, 6.07) is 11.5. The SMILES string of the molecule is C=CC(=O)Nc1cc2c(Nc3ccc(F)c(Cl)c3)ncnc2cc1OCCCN1CCN(C(=O)CCCNc2cccc3c2C(=O)N(C2CCC(=O)NC2=O)C3=O)CC1. The lowest BCUT2D eigenvalue weighted by Gasteiger charge is -2.34. The van der Waals surface area contributed by atoms with Crippen molar-refractivity contribution in [3.05, 3.63) is 89.5 Å². The number of ether oxygens (including phenoxy) is 1. The molecule has 1 atom stereocenters. The average Bonchev–Trinajstić information content (AvgIpc) is 3.48. The van der Waals surface area contributed by atoms with E-state index in [2.05, 4.69) is 42.7 Å². The third kappa shape index (κ3) is 9.16. The van der Waals surface area contributed by atoms with E-state index >= 15 is 0 Å². The fourth-order valence-corrected chi connectivity index (χ4v) is 7.45. The number of nitrogens with zero attached hydrogens (tertiary/aromatic N) is 5. The first-order valence-electron chi connectivity index (χ1n) is 19.2. The van der Waals surface area contributed by atoms with Gasteiger partial charge in [0, 0.05) is 74.9 Å². The fraction of sp³-hybridized carbons (Fsp3) is 0.317. The van der Waals surface area contributed by atoms with Crippen LogP contribution < -0.4 is 26.0 Å². The minimum Gasteiger partial charge on any atom is -0.491 e. The van der Waals surface area contributed by atoms with Gasteiger partial charge >= 0.3 is 0 Å². The van der Waals surface area contributed by atoms with Crippen molar-refractivity contribution in [2.75, 3.05) is 61.8 Å². The van der Waals surface area contributed by atoms with E-state index in [1.807, 2.05) is 4.90 Å². The summed E-state index contributed by atoms with van der Waals surface area (Å²) in [6.45, 7) is 7.55. The molecule has 2 fully saturated rings. The van der Waals surface area contributed by atoms with Gasteiger partial charge in [-0.1, -0.05) is 24.2 Å². The molecule has 3 aromatic carbocycles. The zero-order valence-electron chi connectivity index (χ0n) is 31.9. The van der Waals surface area contributed by atoms with Crippen LogP contribution in [0, 0.1) is 5.82 Å². The second kappa shape index (κ2) is 18.0. The molecular formula is C41H41ClFN9O7. The zero-order valence-corrected chi connectivity index (χ0v) is 32.6. The number of halogens is 2. The van der Waals surface area contributed by atoms with E-state index in [9.17, 15) is 33.2 Å². The fourth-order valence-electron chi connectivity index (χ4n) is 7.27. The van der Waals surface area contributed by atoms with E-state index in [4.69, 9.17) is 16.3 Å². The molecule has 2 saturated heterocycles. The molecule has 0 spiro atoms. The molecular weight excluding hydrogens is 785 g/mol. The summed E-state index contributed by atoms with van der Waals surface area (Å²) in [5.74, 6) is -2.38. The molecule has 1 unspecified atom stereocenters. The molecule has 7 rings (SSSR count). The molecule has 306 valence electrons. The summed E-state index contributed by atoms with van der Waals surface area (Å²) in [7, 11) is 0. The summed E-state index contributed by atoms with van der Waals surface area (Å²) in [5.41, 5.74) is 2.28. The van der Waals surface area contributed by atoms with E-state index in [1.165, 1.54) is 30.6 Å². The summed E-state index contributed by atoms with van der Waals surface area (Å²) in [4.78, 5) is 89.6. The normalized spacial score (nSPS) is 16.8. The number of piperazine rings is 1. The maximum Gasteiger partial charge on any atom is 0.264 e. The van der Waals surface area contributed by atoms with Crippen molar-refractivity contribution in [3.8, 4) is 5.75 Å². The molecule has 59 heavy (non-hydrogen) atoms. The second-order valence-electron chi connectivity index (χ2n) is 14.2. The number of nitrogens with one attached hydrogen (secondary N) is 4. The lowest BCUT2D eigenvalue weighted by atomic mass is 10.0. The van der Waals surface area contributed by atoms with Gasteiger partial charge in [0.05, 0.1) is 34.0 Å². The first-order chi connectivity index (χ1) is 28.5. The number of carbonyl (C=O) groups excluding carboxylic acids is 6. The van der Waals surface area contributed by atoms with E-state index < -0.39 is 41.4 Å². The number of rotatable bonds is 15. The van der Waals surface area contributed by atoms with Gasteiger partial charge in [0.15, 0.2) is 0 Å². The molecule has 0 aliphatic carbocycles. The van der Waals surface area contributed by atoms with Crippen molar-refractivity contribution in [2.45, 2.75) is 38.1 Å². The molecule has 0 bridgehead atoms. The number of aromatic nitrogens is 2. The summed E-state index contributed by atoms with van der Waals surface area (Å²) < 4.78 is 19.9. The summed E-state index contributed by atoms with van der Waals surface area (Å²) in [6.07, 6.45) is 4.12. The highest BCUT2D eigenvalue weighted by molar-refractivity contribution is 6.31. The Hall–Kier alpha value is -6.46. The number of amides is 6. The molecule has 18 heteroatoms. The zero-order chi connectivity index (χ0) is 41.6. The van der Waals surface area contributed by atoms with Crippen LogP contribution in [-0.2, 0) is 19.2 Å². The highest BCUT2D eigenvalue weighted by Gasteiger charge is 2.45. The molecule has 4 aromatic rings. The van der Waals surface area contributed by atoms with Gasteiger partial charge in [-0.15, -0.1) is 0 Å². The molecule has 3 aliphatic rings. The molecule has 4 heterocycles. The van der Waals surface area contributed by atoms with E-state index in [0.29, 0.717) is 98.1 Å². The third-order valence-corrected chi connectivity index (χ3v) is 10.6. The van der Waals surface area contributed by atoms with Gasteiger partial charge in [-0.3, -0.25) is 43.9 Å². The van der Waals surface area contributed by atoms with Gasteiger partial charge < -0.3 is 25.6 Å². The highest BCUT2D eigenvalue weighted by atomic mass is 35.5. The van der Waals surface area contributed by atoms with Crippen LogP contribution in [0.5, 0.6) is 5.75 Å². The standard InChI is InChI=1S/C41H41ClFN9O7/c1-2-34(53)48-31-21-26-30(45-23-46-38(26)47-24-9-10-28(43)27(42)20-24)22-33(31)59-19-5-14-50-15-17-51(18-16-50)36(55)8-4-13-44-29-7-3-6-25-37(29)41(58)52(40(25)57)32-11-12-35(54)49-39(32)56/h2-3,6-7,9-10,20-23,32,44H,1,4-5,8,11-19H2,(H,48,53)(H,45,46,47)(H,49,54,56). The maximum absolute atomic E-state index is 13.7. The first-order valence-corrected chi connectivity index (χ1v) is 19.5. The second-order valence-corrected chi connectivity index (χ2v) is 14.6. The Bertz CT molecular complexity index is 2350. The molecule has 0 saturated carbocycles. The average molecular weight is 826 g/mol. The summed E-state index contributed by atoms with van der Waals surface area (Å²) in [5, 5.41) is 11.8. The van der Waals surface area contributed by atoms with E-state index in [0.717, 1.165) is 17.5 Å². The Morgan fingerprint density at radius 3 is 2.58 bits per heavy atom. The number of hydrogen-bond donors (Lipinski definition) is 4. The Morgan fingerprint density at radius 1 is 1.00 bits per heavy atom. The molecule has 6 amide bonds. The van der Waals surface area contributed by atoms with Gasteiger partial charge in [0.25, 0.3) is 11.8 Å². The first kappa shape index (κ1) is 40.7. The molecule has 1 aromatic heterocycles. The lowest BCUT2D eigenvalue weighted by molar-refractivity contribution is -0.136. The van der Waals surface area contributed by atoms with Crippen LogP contribution in [0.25, 0.3) is 10.9 Å². The van der Waals surface area contributed by atoms with Crippen LogP contribution in [0.4, 0.5) is 27.3 Å². The molecule has 0 radical (unpaired) electrons. The minimum atomic E-state index is -1.05. The summed E-state index contributed by atoms with van der Waals surface area (Å²) >= 11 is 5.96. The van der Waals surface area contributed by atoms with Gasteiger partial charge in [-0.05, 0) is 61.7 Å². The van der Waals surface area contributed by atoms with Gasteiger partial charge in [0.1, 0.15) is 29.8 Å². The van der Waals surface area contributed by atoms with Gasteiger partial charge in [-0.25, -0.2) is 14.4 Å². The van der Waals surface area contributed by atoms with Crippen molar-refractivity contribution in [2.24, 2.45) is 0 Å². The smallest absolute Gasteiger partial charge is 0.264 e. The number of anilines is 4. The van der Waals surface area contributed by atoms with Crippen LogP contribution in [0.2, 0.25) is 5.02 Å². The highest BCUT2D eigenvalue weighted by Crippen LogP contribution is 2.35. The van der Waals surface area contributed by atoms with Crippen LogP contribution in [0.1, 0.15) is 52.8 Å². The Labute approximate surface area is 343 Å². The number of fused-ring (bicyclic) bond motifs is 2. The van der Waals surface area contributed by atoms with Crippen molar-refractivity contribution in [1.29, 1.82) is 0 Å².